The van der Waals surface area contributed by atoms with Crippen LogP contribution in [0.3, 0.4) is 0 Å². The SMILES string of the molecule is CC(c1ccc(Cl)cc1)N(C)c1ncc(CNC2CC2)s1. The topological polar surface area (TPSA) is 28.2 Å². The van der Waals surface area contributed by atoms with Gasteiger partial charge in [0.05, 0.1) is 6.04 Å². The number of thiazole rings is 1. The molecule has 112 valence electrons. The highest BCUT2D eigenvalue weighted by molar-refractivity contribution is 7.15. The van der Waals surface area contributed by atoms with Crippen LogP contribution in [0.5, 0.6) is 0 Å². The van der Waals surface area contributed by atoms with E-state index in [1.807, 2.05) is 18.3 Å². The van der Waals surface area contributed by atoms with Crippen LogP contribution in [-0.2, 0) is 6.54 Å². The lowest BCUT2D eigenvalue weighted by atomic mass is 10.1. The van der Waals surface area contributed by atoms with Crippen LogP contribution in [0.1, 0.15) is 36.2 Å². The number of hydrogen-bond acceptors (Lipinski definition) is 4. The molecule has 1 fully saturated rings. The van der Waals surface area contributed by atoms with Crippen LogP contribution < -0.4 is 10.2 Å². The number of nitrogens with one attached hydrogen (secondary N) is 1. The molecule has 1 N–H and O–H groups in total. The summed E-state index contributed by atoms with van der Waals surface area (Å²) in [5.74, 6) is 0. The lowest BCUT2D eigenvalue weighted by Crippen LogP contribution is -2.21. The normalized spacial score (nSPS) is 16.0. The predicted molar refractivity (Wildman–Crippen MR) is 90.2 cm³/mol. The molecule has 2 aromatic rings. The molecule has 21 heavy (non-hydrogen) atoms. The van der Waals surface area contributed by atoms with Crippen LogP contribution in [0.4, 0.5) is 5.13 Å². The van der Waals surface area contributed by atoms with Crippen molar-refractivity contribution < 1.29 is 0 Å². The second-order valence-electron chi connectivity index (χ2n) is 5.60. The molecule has 0 amide bonds. The summed E-state index contributed by atoms with van der Waals surface area (Å²) in [6, 6.07) is 9.04. The van der Waals surface area contributed by atoms with Crippen LogP contribution in [0.2, 0.25) is 5.02 Å². The molecule has 1 heterocycles. The van der Waals surface area contributed by atoms with Crippen molar-refractivity contribution >= 4 is 28.1 Å². The second kappa shape index (κ2) is 6.34. The minimum atomic E-state index is 0.276. The first-order valence-electron chi connectivity index (χ1n) is 7.30. The average Bonchev–Trinajstić information content (AvgIpc) is 3.21. The van der Waals surface area contributed by atoms with Gasteiger partial charge in [-0.05, 0) is 37.5 Å². The van der Waals surface area contributed by atoms with E-state index in [2.05, 4.69) is 41.3 Å². The number of benzene rings is 1. The molecule has 0 aliphatic heterocycles. The third kappa shape index (κ3) is 3.76. The molecule has 1 aromatic heterocycles. The van der Waals surface area contributed by atoms with E-state index in [0.717, 1.165) is 22.7 Å². The highest BCUT2D eigenvalue weighted by Gasteiger charge is 2.21. The molecule has 0 radical (unpaired) electrons. The number of anilines is 1. The second-order valence-corrected chi connectivity index (χ2v) is 7.13. The zero-order valence-electron chi connectivity index (χ0n) is 12.3. The van der Waals surface area contributed by atoms with E-state index < -0.39 is 0 Å². The van der Waals surface area contributed by atoms with Crippen LogP contribution in [0.15, 0.2) is 30.5 Å². The van der Waals surface area contributed by atoms with Gasteiger partial charge in [0, 0.05) is 35.7 Å². The maximum atomic E-state index is 5.95. The zero-order valence-corrected chi connectivity index (χ0v) is 13.9. The van der Waals surface area contributed by atoms with Gasteiger partial charge in [0.25, 0.3) is 0 Å². The molecule has 1 aromatic carbocycles. The Morgan fingerprint density at radius 2 is 2.10 bits per heavy atom. The van der Waals surface area contributed by atoms with Crippen molar-refractivity contribution in [3.8, 4) is 0 Å². The Bertz CT molecular complexity index is 592. The number of rotatable bonds is 6. The Balaban J connectivity index is 1.65. The summed E-state index contributed by atoms with van der Waals surface area (Å²) in [5, 5.41) is 5.36. The number of aromatic nitrogens is 1. The first-order valence-corrected chi connectivity index (χ1v) is 8.49. The third-order valence-electron chi connectivity index (χ3n) is 3.92. The number of halogens is 1. The van der Waals surface area contributed by atoms with Crippen molar-refractivity contribution in [3.63, 3.8) is 0 Å². The van der Waals surface area contributed by atoms with Gasteiger partial charge in [0.1, 0.15) is 0 Å². The fraction of sp³-hybridized carbons (Fsp3) is 0.438. The molecule has 1 aliphatic rings. The molecule has 1 unspecified atom stereocenters. The number of hydrogen-bond donors (Lipinski definition) is 1. The Morgan fingerprint density at radius 3 is 2.76 bits per heavy atom. The molecular weight excluding hydrogens is 302 g/mol. The summed E-state index contributed by atoms with van der Waals surface area (Å²) in [7, 11) is 2.09. The summed E-state index contributed by atoms with van der Waals surface area (Å²) in [5.41, 5.74) is 1.25. The van der Waals surface area contributed by atoms with Gasteiger partial charge in [-0.25, -0.2) is 4.98 Å². The molecule has 3 nitrogen and oxygen atoms in total. The molecule has 1 atom stereocenters. The molecule has 3 rings (SSSR count). The highest BCUT2D eigenvalue weighted by Crippen LogP contribution is 2.30. The van der Waals surface area contributed by atoms with Gasteiger partial charge in [-0.2, -0.15) is 0 Å². The molecule has 5 heteroatoms. The minimum absolute atomic E-state index is 0.276. The zero-order chi connectivity index (χ0) is 14.8. The predicted octanol–water partition coefficient (Wildman–Crippen LogP) is 4.25. The van der Waals surface area contributed by atoms with Crippen LogP contribution in [-0.4, -0.2) is 18.1 Å². The van der Waals surface area contributed by atoms with Crippen LogP contribution in [0.25, 0.3) is 0 Å². The Morgan fingerprint density at radius 1 is 1.38 bits per heavy atom. The van der Waals surface area contributed by atoms with E-state index in [-0.39, 0.29) is 6.04 Å². The maximum absolute atomic E-state index is 5.95. The summed E-state index contributed by atoms with van der Waals surface area (Å²) in [6.07, 6.45) is 4.62. The summed E-state index contributed by atoms with van der Waals surface area (Å²) < 4.78 is 0. The molecule has 0 spiro atoms. The quantitative estimate of drug-likeness (QED) is 0.862. The van der Waals surface area contributed by atoms with Gasteiger partial charge in [-0.15, -0.1) is 11.3 Å². The first-order chi connectivity index (χ1) is 10.1. The van der Waals surface area contributed by atoms with E-state index in [4.69, 9.17) is 11.6 Å². The fourth-order valence-electron chi connectivity index (χ4n) is 2.20. The van der Waals surface area contributed by atoms with E-state index in [1.165, 1.54) is 23.3 Å². The maximum Gasteiger partial charge on any atom is 0.185 e. The molecular formula is C16H20ClN3S. The Labute approximate surface area is 135 Å². The van der Waals surface area contributed by atoms with Crippen LogP contribution >= 0.6 is 22.9 Å². The standard InChI is InChI=1S/C16H20ClN3S/c1-11(12-3-5-13(17)6-4-12)20(2)16-19-10-15(21-16)9-18-14-7-8-14/h3-6,10-11,14,18H,7-9H2,1-2H3. The fourth-order valence-corrected chi connectivity index (χ4v) is 3.23. The lowest BCUT2D eigenvalue weighted by molar-refractivity contribution is 0.694. The van der Waals surface area contributed by atoms with Gasteiger partial charge in [0.2, 0.25) is 0 Å². The van der Waals surface area contributed by atoms with Gasteiger partial charge in [-0.1, -0.05) is 23.7 Å². The lowest BCUT2D eigenvalue weighted by Gasteiger charge is -2.24. The molecule has 1 saturated carbocycles. The van der Waals surface area contributed by atoms with Gasteiger partial charge < -0.3 is 10.2 Å². The van der Waals surface area contributed by atoms with Crippen molar-refractivity contribution in [2.45, 2.75) is 38.4 Å². The smallest absolute Gasteiger partial charge is 0.185 e. The van der Waals surface area contributed by atoms with Crippen molar-refractivity contribution in [2.75, 3.05) is 11.9 Å². The van der Waals surface area contributed by atoms with Crippen molar-refractivity contribution in [2.24, 2.45) is 0 Å². The molecule has 1 aliphatic carbocycles. The van der Waals surface area contributed by atoms with E-state index >= 15 is 0 Å². The summed E-state index contributed by atoms with van der Waals surface area (Å²) >= 11 is 7.71. The van der Waals surface area contributed by atoms with E-state index in [1.54, 1.807) is 11.3 Å². The van der Waals surface area contributed by atoms with Crippen molar-refractivity contribution in [1.82, 2.24) is 10.3 Å². The Hall–Kier alpha value is -1.10. The van der Waals surface area contributed by atoms with Gasteiger partial charge >= 0.3 is 0 Å². The summed E-state index contributed by atoms with van der Waals surface area (Å²) in [4.78, 5) is 8.07. The van der Waals surface area contributed by atoms with E-state index in [9.17, 15) is 0 Å². The Kier molecular flexibility index (Phi) is 4.48. The molecule has 0 bridgehead atoms. The van der Waals surface area contributed by atoms with Gasteiger partial charge in [-0.3, -0.25) is 0 Å². The first kappa shape index (κ1) is 14.8. The highest BCUT2D eigenvalue weighted by atomic mass is 35.5. The van der Waals surface area contributed by atoms with Crippen molar-refractivity contribution in [1.29, 1.82) is 0 Å². The number of nitrogens with zero attached hydrogens (tertiary/aromatic N) is 2. The van der Waals surface area contributed by atoms with Gasteiger partial charge in [0.15, 0.2) is 5.13 Å². The third-order valence-corrected chi connectivity index (χ3v) is 5.26. The van der Waals surface area contributed by atoms with Crippen molar-refractivity contribution in [3.05, 3.63) is 45.9 Å². The average molecular weight is 322 g/mol. The monoisotopic (exact) mass is 321 g/mol. The minimum Gasteiger partial charge on any atom is -0.344 e. The van der Waals surface area contributed by atoms with Crippen LogP contribution in [0, 0.1) is 0 Å². The summed E-state index contributed by atoms with van der Waals surface area (Å²) in [6.45, 7) is 3.12. The van der Waals surface area contributed by atoms with E-state index in [0.29, 0.717) is 0 Å². The largest absolute Gasteiger partial charge is 0.344 e. The molecule has 0 saturated heterocycles.